The second-order valence-corrected chi connectivity index (χ2v) is 6.07. The van der Waals surface area contributed by atoms with Gasteiger partial charge in [-0.2, -0.15) is 0 Å². The number of nitrogens with one attached hydrogen (secondary N) is 2. The summed E-state index contributed by atoms with van der Waals surface area (Å²) in [6.07, 6.45) is 3.29. The van der Waals surface area contributed by atoms with Crippen LogP contribution in [-0.2, 0) is 4.74 Å². The van der Waals surface area contributed by atoms with Crippen LogP contribution in [0.2, 0.25) is 0 Å². The zero-order valence-electron chi connectivity index (χ0n) is 13.4. The summed E-state index contributed by atoms with van der Waals surface area (Å²) >= 11 is 0. The van der Waals surface area contributed by atoms with Gasteiger partial charge in [-0.1, -0.05) is 12.1 Å². The van der Waals surface area contributed by atoms with E-state index in [1.807, 2.05) is 4.90 Å². The molecule has 2 fully saturated rings. The van der Waals surface area contributed by atoms with Crippen molar-refractivity contribution in [3.8, 4) is 0 Å². The van der Waals surface area contributed by atoms with Crippen LogP contribution in [0, 0.1) is 0 Å². The SMILES string of the molecule is CCOC(=O)c1ccccc1NC(=O)N1CCC2CCC(C1)N2. The van der Waals surface area contributed by atoms with Gasteiger partial charge in [0.1, 0.15) is 0 Å². The summed E-state index contributed by atoms with van der Waals surface area (Å²) in [6, 6.07) is 7.71. The number of hydrogen-bond donors (Lipinski definition) is 2. The number of para-hydroxylation sites is 1. The molecule has 6 nitrogen and oxygen atoms in total. The highest BCUT2D eigenvalue weighted by molar-refractivity contribution is 6.00. The van der Waals surface area contributed by atoms with Crippen LogP contribution in [0.1, 0.15) is 36.5 Å². The predicted octanol–water partition coefficient (Wildman–Crippen LogP) is 2.22. The van der Waals surface area contributed by atoms with Gasteiger partial charge < -0.3 is 20.3 Å². The molecule has 2 saturated heterocycles. The molecule has 2 unspecified atom stereocenters. The average Bonchev–Trinajstić information content (AvgIpc) is 2.87. The fourth-order valence-corrected chi connectivity index (χ4v) is 3.30. The van der Waals surface area contributed by atoms with E-state index < -0.39 is 5.97 Å². The van der Waals surface area contributed by atoms with Crippen molar-refractivity contribution in [2.45, 2.75) is 38.3 Å². The first kappa shape index (κ1) is 15.8. The fourth-order valence-electron chi connectivity index (χ4n) is 3.30. The van der Waals surface area contributed by atoms with Crippen LogP contribution in [0.25, 0.3) is 0 Å². The Kier molecular flexibility index (Phi) is 4.81. The van der Waals surface area contributed by atoms with Gasteiger partial charge in [0.15, 0.2) is 0 Å². The molecule has 0 spiro atoms. The fraction of sp³-hybridized carbons (Fsp3) is 0.529. The van der Waals surface area contributed by atoms with E-state index in [0.717, 1.165) is 19.4 Å². The molecule has 2 aliphatic heterocycles. The minimum absolute atomic E-state index is 0.156. The topological polar surface area (TPSA) is 70.7 Å². The monoisotopic (exact) mass is 317 g/mol. The Balaban J connectivity index is 1.69. The highest BCUT2D eigenvalue weighted by atomic mass is 16.5. The molecule has 6 heteroatoms. The minimum atomic E-state index is -0.417. The number of anilines is 1. The normalized spacial score (nSPS) is 23.3. The highest BCUT2D eigenvalue weighted by Crippen LogP contribution is 2.22. The second-order valence-electron chi connectivity index (χ2n) is 6.07. The molecule has 0 aliphatic carbocycles. The van der Waals surface area contributed by atoms with Gasteiger partial charge in [-0.3, -0.25) is 0 Å². The van der Waals surface area contributed by atoms with Crippen LogP contribution in [-0.4, -0.2) is 48.7 Å². The number of hydrogen-bond acceptors (Lipinski definition) is 4. The minimum Gasteiger partial charge on any atom is -0.462 e. The van der Waals surface area contributed by atoms with E-state index in [1.54, 1.807) is 31.2 Å². The van der Waals surface area contributed by atoms with E-state index in [2.05, 4.69) is 10.6 Å². The lowest BCUT2D eigenvalue weighted by atomic mass is 10.1. The van der Waals surface area contributed by atoms with Gasteiger partial charge in [0.05, 0.1) is 17.9 Å². The number of urea groups is 1. The summed E-state index contributed by atoms with van der Waals surface area (Å²) in [7, 11) is 0. The molecule has 0 radical (unpaired) electrons. The zero-order valence-corrected chi connectivity index (χ0v) is 13.4. The molecule has 0 aromatic heterocycles. The van der Waals surface area contributed by atoms with Gasteiger partial charge in [-0.15, -0.1) is 0 Å². The van der Waals surface area contributed by atoms with Crippen molar-refractivity contribution < 1.29 is 14.3 Å². The highest BCUT2D eigenvalue weighted by Gasteiger charge is 2.31. The summed E-state index contributed by atoms with van der Waals surface area (Å²) < 4.78 is 5.04. The summed E-state index contributed by atoms with van der Waals surface area (Å²) in [5.74, 6) is -0.417. The Bertz CT molecular complexity index is 590. The zero-order chi connectivity index (χ0) is 16.2. The number of amides is 2. The van der Waals surface area contributed by atoms with Crippen molar-refractivity contribution in [2.24, 2.45) is 0 Å². The van der Waals surface area contributed by atoms with Crippen LogP contribution in [0.3, 0.4) is 0 Å². The van der Waals surface area contributed by atoms with Crippen molar-refractivity contribution in [2.75, 3.05) is 25.0 Å². The third-order valence-corrected chi connectivity index (χ3v) is 4.47. The molecule has 1 aromatic rings. The Hall–Kier alpha value is -2.08. The molecular weight excluding hydrogens is 294 g/mol. The molecule has 23 heavy (non-hydrogen) atoms. The lowest BCUT2D eigenvalue weighted by Gasteiger charge is -2.25. The van der Waals surface area contributed by atoms with E-state index in [9.17, 15) is 9.59 Å². The number of ether oxygens (including phenoxy) is 1. The maximum absolute atomic E-state index is 12.6. The molecule has 124 valence electrons. The molecule has 1 aromatic carbocycles. The summed E-state index contributed by atoms with van der Waals surface area (Å²) in [5.41, 5.74) is 0.885. The third-order valence-electron chi connectivity index (χ3n) is 4.47. The van der Waals surface area contributed by atoms with Crippen molar-refractivity contribution in [3.63, 3.8) is 0 Å². The van der Waals surface area contributed by atoms with Crippen LogP contribution in [0.4, 0.5) is 10.5 Å². The van der Waals surface area contributed by atoms with Crippen LogP contribution < -0.4 is 10.6 Å². The number of esters is 1. The van der Waals surface area contributed by atoms with Crippen LogP contribution in [0.15, 0.2) is 24.3 Å². The van der Waals surface area contributed by atoms with Gasteiger partial charge in [-0.05, 0) is 38.3 Å². The van der Waals surface area contributed by atoms with E-state index in [-0.39, 0.29) is 6.03 Å². The first-order valence-corrected chi connectivity index (χ1v) is 8.25. The Labute approximate surface area is 136 Å². The first-order valence-electron chi connectivity index (χ1n) is 8.25. The van der Waals surface area contributed by atoms with E-state index in [0.29, 0.717) is 36.5 Å². The van der Waals surface area contributed by atoms with Gasteiger partial charge in [0, 0.05) is 25.2 Å². The molecule has 2 bridgehead atoms. The summed E-state index contributed by atoms with van der Waals surface area (Å²) in [6.45, 7) is 3.52. The lowest BCUT2D eigenvalue weighted by molar-refractivity contribution is 0.0527. The summed E-state index contributed by atoms with van der Waals surface area (Å²) in [4.78, 5) is 26.4. The maximum atomic E-state index is 12.6. The molecule has 0 saturated carbocycles. The molecule has 2 atom stereocenters. The maximum Gasteiger partial charge on any atom is 0.340 e. The Morgan fingerprint density at radius 1 is 1.26 bits per heavy atom. The summed E-state index contributed by atoms with van der Waals surface area (Å²) in [5, 5.41) is 6.42. The van der Waals surface area contributed by atoms with E-state index >= 15 is 0 Å². The standard InChI is InChI=1S/C17H23N3O3/c1-2-23-16(21)14-5-3-4-6-15(14)19-17(22)20-10-9-12-7-8-13(11-20)18-12/h3-6,12-13,18H,2,7-11H2,1H3,(H,19,22). The van der Waals surface area contributed by atoms with E-state index in [4.69, 9.17) is 4.74 Å². The van der Waals surface area contributed by atoms with Gasteiger partial charge in [-0.25, -0.2) is 9.59 Å². The number of likely N-dealkylation sites (tertiary alicyclic amines) is 1. The number of rotatable bonds is 3. The van der Waals surface area contributed by atoms with Gasteiger partial charge in [0.2, 0.25) is 0 Å². The first-order chi connectivity index (χ1) is 11.2. The van der Waals surface area contributed by atoms with Crippen molar-refractivity contribution >= 4 is 17.7 Å². The Morgan fingerprint density at radius 2 is 2.04 bits per heavy atom. The number of fused-ring (bicyclic) bond motifs is 2. The molecular formula is C17H23N3O3. The number of benzene rings is 1. The van der Waals surface area contributed by atoms with Crippen molar-refractivity contribution in [1.29, 1.82) is 0 Å². The molecule has 2 heterocycles. The quantitative estimate of drug-likeness (QED) is 0.839. The van der Waals surface area contributed by atoms with Crippen LogP contribution in [0.5, 0.6) is 0 Å². The van der Waals surface area contributed by atoms with Crippen LogP contribution >= 0.6 is 0 Å². The lowest BCUT2D eigenvalue weighted by Crippen LogP contribution is -2.41. The molecule has 2 aliphatic rings. The molecule has 2 N–H and O–H groups in total. The van der Waals surface area contributed by atoms with Gasteiger partial charge >= 0.3 is 12.0 Å². The van der Waals surface area contributed by atoms with Crippen molar-refractivity contribution in [3.05, 3.63) is 29.8 Å². The predicted molar refractivity (Wildman–Crippen MR) is 87.6 cm³/mol. The number of nitrogens with zero attached hydrogens (tertiary/aromatic N) is 1. The average molecular weight is 317 g/mol. The second kappa shape index (κ2) is 7.00. The Morgan fingerprint density at radius 3 is 2.87 bits per heavy atom. The largest absolute Gasteiger partial charge is 0.462 e. The van der Waals surface area contributed by atoms with Gasteiger partial charge in [0.25, 0.3) is 0 Å². The number of carbonyl (C=O) groups is 2. The van der Waals surface area contributed by atoms with Crippen molar-refractivity contribution in [1.82, 2.24) is 10.2 Å². The molecule has 2 amide bonds. The van der Waals surface area contributed by atoms with E-state index in [1.165, 1.54) is 6.42 Å². The number of carbonyl (C=O) groups excluding carboxylic acids is 2. The molecule has 3 rings (SSSR count). The third kappa shape index (κ3) is 3.64. The smallest absolute Gasteiger partial charge is 0.340 e.